The number of anilines is 2. The minimum atomic E-state index is -0.510. The molecule has 3 amide bonds. The van der Waals surface area contributed by atoms with Crippen LogP contribution >= 0.6 is 23.1 Å². The van der Waals surface area contributed by atoms with Crippen molar-refractivity contribution in [1.29, 1.82) is 0 Å². The Morgan fingerprint density at radius 1 is 0.882 bits per heavy atom. The Morgan fingerprint density at radius 2 is 1.63 bits per heavy atom. The van der Waals surface area contributed by atoms with E-state index in [2.05, 4.69) is 16.0 Å². The van der Waals surface area contributed by atoms with Crippen LogP contribution in [0.15, 0.2) is 89.5 Å². The molecule has 9 nitrogen and oxygen atoms in total. The summed E-state index contributed by atoms with van der Waals surface area (Å²) in [7, 11) is 1.37. The highest BCUT2D eigenvalue weighted by atomic mass is 32.2. The smallest absolute Gasteiger partial charge is 0.341 e. The molecular formula is C40H43N3O6S2. The minimum Gasteiger partial charge on any atom is -0.494 e. The molecule has 11 heteroatoms. The number of thioether (sulfide) groups is 1. The zero-order valence-electron chi connectivity index (χ0n) is 29.1. The van der Waals surface area contributed by atoms with E-state index < -0.39 is 23.0 Å². The average molecular weight is 726 g/mol. The average Bonchev–Trinajstić information content (AvgIpc) is 3.46. The number of fused-ring (bicyclic) bond motifs is 1. The fourth-order valence-electron chi connectivity index (χ4n) is 5.79. The normalized spacial score (nSPS) is 13.5. The molecule has 266 valence electrons. The van der Waals surface area contributed by atoms with Gasteiger partial charge in [0.15, 0.2) is 0 Å². The van der Waals surface area contributed by atoms with Gasteiger partial charge in [0.1, 0.15) is 16.4 Å². The quantitative estimate of drug-likeness (QED) is 0.0718. The predicted molar refractivity (Wildman–Crippen MR) is 205 cm³/mol. The van der Waals surface area contributed by atoms with Gasteiger partial charge in [-0.3, -0.25) is 14.4 Å². The molecule has 0 spiro atoms. The zero-order chi connectivity index (χ0) is 36.2. The number of methoxy groups -OCH3 is 1. The number of carbonyl (C=O) groups excluding carboxylic acids is 4. The lowest BCUT2D eigenvalue weighted by molar-refractivity contribution is -0.116. The Kier molecular flexibility index (Phi) is 13.5. The highest BCUT2D eigenvalue weighted by molar-refractivity contribution is 8.00. The Hall–Kier alpha value is -4.87. The van der Waals surface area contributed by atoms with Crippen molar-refractivity contribution in [2.45, 2.75) is 68.9 Å². The zero-order valence-corrected chi connectivity index (χ0v) is 30.7. The van der Waals surface area contributed by atoms with Crippen LogP contribution in [0.2, 0.25) is 0 Å². The van der Waals surface area contributed by atoms with E-state index in [4.69, 9.17) is 9.47 Å². The molecule has 0 bridgehead atoms. The summed E-state index contributed by atoms with van der Waals surface area (Å²) < 4.78 is 10.7. The molecule has 1 atom stereocenters. The molecule has 3 N–H and O–H groups in total. The van der Waals surface area contributed by atoms with Crippen molar-refractivity contribution < 1.29 is 28.7 Å². The number of amides is 3. The van der Waals surface area contributed by atoms with E-state index in [1.165, 1.54) is 30.2 Å². The number of thiophene rings is 1. The number of carbonyl (C=O) groups is 4. The van der Waals surface area contributed by atoms with E-state index in [9.17, 15) is 19.2 Å². The number of rotatable bonds is 13. The number of nitrogens with one attached hydrogen (secondary N) is 3. The van der Waals surface area contributed by atoms with Crippen molar-refractivity contribution in [2.75, 3.05) is 24.4 Å². The van der Waals surface area contributed by atoms with Crippen LogP contribution in [0.4, 0.5) is 10.7 Å². The van der Waals surface area contributed by atoms with Crippen molar-refractivity contribution in [3.63, 3.8) is 0 Å². The summed E-state index contributed by atoms with van der Waals surface area (Å²) in [5.41, 5.74) is 3.15. The summed E-state index contributed by atoms with van der Waals surface area (Å²) >= 11 is 2.85. The first kappa shape index (κ1) is 37.4. The van der Waals surface area contributed by atoms with Crippen LogP contribution < -0.4 is 20.7 Å². The molecule has 4 aromatic rings. The third-order valence-corrected chi connectivity index (χ3v) is 10.9. The van der Waals surface area contributed by atoms with E-state index in [0.717, 1.165) is 53.9 Å². The van der Waals surface area contributed by atoms with Crippen LogP contribution in [-0.4, -0.2) is 42.7 Å². The van der Waals surface area contributed by atoms with Crippen LogP contribution in [-0.2, 0) is 27.2 Å². The van der Waals surface area contributed by atoms with Crippen LogP contribution in [0, 0.1) is 0 Å². The van der Waals surface area contributed by atoms with E-state index in [1.54, 1.807) is 60.7 Å². The number of benzene rings is 3. The fourth-order valence-corrected chi connectivity index (χ4v) is 8.08. The summed E-state index contributed by atoms with van der Waals surface area (Å²) in [6.07, 6.45) is 8.15. The number of aryl methyl sites for hydroxylation is 1. The highest BCUT2D eigenvalue weighted by Gasteiger charge is 2.28. The first-order valence-electron chi connectivity index (χ1n) is 17.2. The Morgan fingerprint density at radius 3 is 2.33 bits per heavy atom. The first-order chi connectivity index (χ1) is 24.8. The molecule has 3 aromatic carbocycles. The second-order valence-electron chi connectivity index (χ2n) is 12.0. The summed E-state index contributed by atoms with van der Waals surface area (Å²) in [5, 5.41) is 8.80. The van der Waals surface area contributed by atoms with Crippen molar-refractivity contribution in [3.8, 4) is 5.75 Å². The van der Waals surface area contributed by atoms with Gasteiger partial charge in [-0.2, -0.15) is 0 Å². The summed E-state index contributed by atoms with van der Waals surface area (Å²) in [5.74, 6) is -0.865. The lowest BCUT2D eigenvalue weighted by Crippen LogP contribution is -2.30. The first-order valence-corrected chi connectivity index (χ1v) is 18.9. The fraction of sp³-hybridized carbons (Fsp3) is 0.300. The molecule has 1 heterocycles. The van der Waals surface area contributed by atoms with Crippen molar-refractivity contribution in [1.82, 2.24) is 5.32 Å². The molecule has 5 rings (SSSR count). The van der Waals surface area contributed by atoms with Gasteiger partial charge in [-0.1, -0.05) is 56.2 Å². The van der Waals surface area contributed by atoms with Crippen molar-refractivity contribution in [3.05, 3.63) is 112 Å². The lowest BCUT2D eigenvalue weighted by atomic mass is 9.96. The second kappa shape index (κ2) is 18.4. The molecule has 0 radical (unpaired) electrons. The van der Waals surface area contributed by atoms with E-state index in [-0.39, 0.29) is 11.6 Å². The highest BCUT2D eigenvalue weighted by Crippen LogP contribution is 2.38. The summed E-state index contributed by atoms with van der Waals surface area (Å²) in [6, 6.07) is 23.1. The minimum absolute atomic E-state index is 0.0587. The third kappa shape index (κ3) is 10.1. The van der Waals surface area contributed by atoms with Gasteiger partial charge >= 0.3 is 5.97 Å². The van der Waals surface area contributed by atoms with Gasteiger partial charge in [0.2, 0.25) is 5.91 Å². The van der Waals surface area contributed by atoms with Gasteiger partial charge < -0.3 is 25.4 Å². The Bertz CT molecular complexity index is 1870. The van der Waals surface area contributed by atoms with Crippen LogP contribution in [0.1, 0.15) is 82.7 Å². The molecular weight excluding hydrogens is 683 g/mol. The Balaban J connectivity index is 1.32. The second-order valence-corrected chi connectivity index (χ2v) is 14.4. The van der Waals surface area contributed by atoms with Crippen molar-refractivity contribution in [2.24, 2.45) is 0 Å². The molecule has 1 aliphatic rings. The largest absolute Gasteiger partial charge is 0.494 e. The van der Waals surface area contributed by atoms with E-state index in [0.29, 0.717) is 46.2 Å². The molecule has 1 aliphatic carbocycles. The molecule has 0 fully saturated rings. The molecule has 51 heavy (non-hydrogen) atoms. The standard InChI is InChI=1S/C40H43N3O6S2/c1-4-33(38(46)43-39-35(40(47)48-3)31-18-11-6-7-12-19-34(31)51-39)50-30-17-13-16-28(25-30)41-37(45)32(42-36(44)27-14-9-8-10-15-27)24-26-20-22-29(23-21-26)49-5-2/h8-10,13-17,20-25,33H,4-7,11-12,18-19H2,1-3H3,(H,41,45)(H,42,44)(H,43,46)/b32-24+. The van der Waals surface area contributed by atoms with Crippen LogP contribution in [0.5, 0.6) is 5.75 Å². The van der Waals surface area contributed by atoms with Crippen LogP contribution in [0.25, 0.3) is 6.08 Å². The predicted octanol–water partition coefficient (Wildman–Crippen LogP) is 8.51. The van der Waals surface area contributed by atoms with Gasteiger partial charge in [-0.15, -0.1) is 23.1 Å². The monoisotopic (exact) mass is 725 g/mol. The van der Waals surface area contributed by atoms with Gasteiger partial charge in [0, 0.05) is 21.0 Å². The summed E-state index contributed by atoms with van der Waals surface area (Å²) in [6.45, 7) is 4.37. The molecule has 0 saturated heterocycles. The maximum atomic E-state index is 13.7. The topological polar surface area (TPSA) is 123 Å². The molecule has 0 aliphatic heterocycles. The van der Waals surface area contributed by atoms with E-state index in [1.807, 2.05) is 38.1 Å². The number of hydrogen-bond donors (Lipinski definition) is 3. The van der Waals surface area contributed by atoms with E-state index >= 15 is 0 Å². The van der Waals surface area contributed by atoms with Gasteiger partial charge in [0.05, 0.1) is 24.5 Å². The van der Waals surface area contributed by atoms with Gasteiger partial charge in [-0.05, 0) is 98.7 Å². The SMILES string of the molecule is CCOc1ccc(/C=C(/NC(=O)c2ccccc2)C(=O)Nc2cccc(SC(CC)C(=O)Nc3sc4c(c3C(=O)OC)CCCCCC4)c2)cc1. The molecule has 1 aromatic heterocycles. The Labute approximate surface area is 307 Å². The van der Waals surface area contributed by atoms with Gasteiger partial charge in [-0.25, -0.2) is 4.79 Å². The van der Waals surface area contributed by atoms with Crippen LogP contribution in [0.3, 0.4) is 0 Å². The number of esters is 1. The number of ether oxygens (including phenoxy) is 2. The number of hydrogen-bond acceptors (Lipinski definition) is 8. The van der Waals surface area contributed by atoms with Gasteiger partial charge in [0.25, 0.3) is 11.8 Å². The maximum absolute atomic E-state index is 13.7. The third-order valence-electron chi connectivity index (χ3n) is 8.36. The molecule has 0 saturated carbocycles. The lowest BCUT2D eigenvalue weighted by Gasteiger charge is -2.16. The summed E-state index contributed by atoms with van der Waals surface area (Å²) in [4.78, 5) is 55.2. The molecule has 1 unspecified atom stereocenters. The maximum Gasteiger partial charge on any atom is 0.341 e. The van der Waals surface area contributed by atoms with Crippen molar-refractivity contribution >= 4 is 63.6 Å².